The maximum absolute atomic E-state index is 5.41. The van der Waals surface area contributed by atoms with E-state index in [9.17, 15) is 0 Å². The lowest BCUT2D eigenvalue weighted by Crippen LogP contribution is -3.00. The third kappa shape index (κ3) is 5.32. The Morgan fingerprint density at radius 3 is 2.43 bits per heavy atom. The quantitative estimate of drug-likeness (QED) is 0.460. The molecule has 0 aromatic heterocycles. The van der Waals surface area contributed by atoms with Gasteiger partial charge in [0.25, 0.3) is 0 Å². The van der Waals surface area contributed by atoms with Gasteiger partial charge in [0.15, 0.2) is 6.73 Å². The summed E-state index contributed by atoms with van der Waals surface area (Å²) in [6.07, 6.45) is 6.94. The molecule has 0 spiro atoms. The first-order chi connectivity index (χ1) is 6.27. The summed E-state index contributed by atoms with van der Waals surface area (Å²) >= 11 is 0. The summed E-state index contributed by atoms with van der Waals surface area (Å²) in [5.41, 5.74) is 0. The predicted molar refractivity (Wildman–Crippen MR) is 55.5 cm³/mol. The third-order valence-corrected chi connectivity index (χ3v) is 2.98. The number of likely N-dealkylation sites (N-methyl/N-ethyl adjacent to an activating group) is 1. The summed E-state index contributed by atoms with van der Waals surface area (Å²) in [6.45, 7) is 6.69. The molecule has 0 aromatic rings. The zero-order valence-corrected chi connectivity index (χ0v) is 11.2. The molecular weight excluding hydrogens is 242 g/mol. The highest BCUT2D eigenvalue weighted by molar-refractivity contribution is 4.46. The Kier molecular flexibility index (Phi) is 7.88. The molecule has 1 saturated heterocycles. The average Bonchev–Trinajstić information content (AvgIpc) is 2.53. The molecule has 0 saturated carbocycles. The maximum atomic E-state index is 5.41. The number of ether oxygens (including phenoxy) is 1. The maximum Gasteiger partial charge on any atom is 0.183 e. The smallest absolute Gasteiger partial charge is 0.183 e. The van der Waals surface area contributed by atoms with E-state index in [-0.39, 0.29) is 17.0 Å². The number of halogens is 1. The van der Waals surface area contributed by atoms with E-state index in [0.717, 1.165) is 17.8 Å². The highest BCUT2D eigenvalue weighted by atomic mass is 79.9. The monoisotopic (exact) mass is 265 g/mol. The van der Waals surface area contributed by atoms with Crippen LogP contribution in [0.25, 0.3) is 0 Å². The molecule has 1 rings (SSSR count). The van der Waals surface area contributed by atoms with Crippen molar-refractivity contribution in [1.29, 1.82) is 0 Å². The van der Waals surface area contributed by atoms with Gasteiger partial charge in [-0.15, -0.1) is 0 Å². The Bertz CT molecular complexity index is 135. The van der Waals surface area contributed by atoms with Gasteiger partial charge in [-0.25, -0.2) is 0 Å². The molecule has 14 heavy (non-hydrogen) atoms. The molecule has 86 valence electrons. The lowest BCUT2D eigenvalue weighted by atomic mass is 10.1. The summed E-state index contributed by atoms with van der Waals surface area (Å²) in [5, 5.41) is 0. The van der Waals surface area contributed by atoms with Crippen LogP contribution < -0.4 is 17.0 Å². The zero-order valence-electron chi connectivity index (χ0n) is 9.60. The van der Waals surface area contributed by atoms with Crippen LogP contribution in [-0.4, -0.2) is 38.0 Å². The predicted octanol–water partition coefficient (Wildman–Crippen LogP) is -0.605. The minimum absolute atomic E-state index is 0. The number of hydrogen-bond donors (Lipinski definition) is 0. The van der Waals surface area contributed by atoms with Crippen molar-refractivity contribution < 1.29 is 26.2 Å². The summed E-state index contributed by atoms with van der Waals surface area (Å²) < 4.78 is 6.56. The summed E-state index contributed by atoms with van der Waals surface area (Å²) in [4.78, 5) is 0. The van der Waals surface area contributed by atoms with Gasteiger partial charge < -0.3 is 26.2 Å². The van der Waals surface area contributed by atoms with E-state index in [1.807, 2.05) is 0 Å². The molecular formula is C11H24BrNO. The molecule has 0 amide bonds. The average molecular weight is 266 g/mol. The molecule has 1 atom stereocenters. The van der Waals surface area contributed by atoms with Gasteiger partial charge in [0.1, 0.15) is 13.2 Å². The summed E-state index contributed by atoms with van der Waals surface area (Å²) in [7, 11) is 2.31. The number of rotatable bonds is 6. The SMILES string of the molecule is CCCCCCC[N+]1(C)CCOC1.[Br-]. The van der Waals surface area contributed by atoms with E-state index in [1.165, 1.54) is 45.2 Å². The number of quaternary nitrogens is 1. The molecule has 0 radical (unpaired) electrons. The molecule has 1 unspecified atom stereocenters. The Labute approximate surface area is 99.0 Å². The van der Waals surface area contributed by atoms with Crippen LogP contribution in [0.4, 0.5) is 0 Å². The van der Waals surface area contributed by atoms with Gasteiger partial charge in [-0.05, 0) is 12.8 Å². The molecule has 2 nitrogen and oxygen atoms in total. The molecule has 1 aliphatic heterocycles. The Morgan fingerprint density at radius 1 is 1.14 bits per heavy atom. The van der Waals surface area contributed by atoms with Gasteiger partial charge in [-0.3, -0.25) is 0 Å². The van der Waals surface area contributed by atoms with Gasteiger partial charge in [0, 0.05) is 0 Å². The Balaban J connectivity index is 0.00000169. The van der Waals surface area contributed by atoms with Crippen molar-refractivity contribution in [2.45, 2.75) is 39.0 Å². The minimum atomic E-state index is 0. The van der Waals surface area contributed by atoms with Crippen LogP contribution in [-0.2, 0) is 4.74 Å². The molecule has 0 N–H and O–H groups in total. The van der Waals surface area contributed by atoms with E-state index in [2.05, 4.69) is 14.0 Å². The van der Waals surface area contributed by atoms with Crippen molar-refractivity contribution in [2.75, 3.05) is 33.5 Å². The van der Waals surface area contributed by atoms with Crippen LogP contribution in [0.2, 0.25) is 0 Å². The number of nitrogens with zero attached hydrogens (tertiary/aromatic N) is 1. The van der Waals surface area contributed by atoms with Crippen molar-refractivity contribution in [1.82, 2.24) is 0 Å². The molecule has 0 aliphatic carbocycles. The fourth-order valence-electron chi connectivity index (χ4n) is 1.91. The van der Waals surface area contributed by atoms with Crippen LogP contribution in [0.15, 0.2) is 0 Å². The van der Waals surface area contributed by atoms with Crippen molar-refractivity contribution in [3.63, 3.8) is 0 Å². The molecule has 0 bridgehead atoms. The van der Waals surface area contributed by atoms with Gasteiger partial charge in [0.2, 0.25) is 0 Å². The second kappa shape index (κ2) is 7.66. The second-order valence-corrected chi connectivity index (χ2v) is 4.52. The second-order valence-electron chi connectivity index (χ2n) is 4.52. The molecule has 1 heterocycles. The van der Waals surface area contributed by atoms with Crippen molar-refractivity contribution in [3.05, 3.63) is 0 Å². The lowest BCUT2D eigenvalue weighted by molar-refractivity contribution is -0.906. The number of hydrogen-bond acceptors (Lipinski definition) is 1. The first-order valence-electron chi connectivity index (χ1n) is 5.68. The lowest BCUT2D eigenvalue weighted by Gasteiger charge is -2.26. The van der Waals surface area contributed by atoms with E-state index in [4.69, 9.17) is 4.74 Å². The van der Waals surface area contributed by atoms with Gasteiger partial charge in [0.05, 0.1) is 13.6 Å². The zero-order chi connectivity index (χ0) is 9.57. The summed E-state index contributed by atoms with van der Waals surface area (Å²) in [6, 6.07) is 0. The topological polar surface area (TPSA) is 9.23 Å². The van der Waals surface area contributed by atoms with Gasteiger partial charge in [-0.2, -0.15) is 0 Å². The van der Waals surface area contributed by atoms with Crippen LogP contribution in [0, 0.1) is 0 Å². The largest absolute Gasteiger partial charge is 1.00 e. The Morgan fingerprint density at radius 2 is 1.86 bits per heavy atom. The minimum Gasteiger partial charge on any atom is -1.00 e. The first kappa shape index (κ1) is 14.4. The van der Waals surface area contributed by atoms with Crippen LogP contribution in [0.1, 0.15) is 39.0 Å². The first-order valence-corrected chi connectivity index (χ1v) is 5.68. The fraction of sp³-hybridized carbons (Fsp3) is 1.00. The van der Waals surface area contributed by atoms with E-state index in [0.29, 0.717) is 0 Å². The summed E-state index contributed by atoms with van der Waals surface area (Å²) in [5.74, 6) is 0. The molecule has 0 aromatic carbocycles. The van der Waals surface area contributed by atoms with Crippen LogP contribution in [0.3, 0.4) is 0 Å². The van der Waals surface area contributed by atoms with Gasteiger partial charge >= 0.3 is 0 Å². The molecule has 1 aliphatic rings. The normalized spacial score (nSPS) is 26.1. The van der Waals surface area contributed by atoms with E-state index >= 15 is 0 Å². The molecule has 1 fully saturated rings. The fourth-order valence-corrected chi connectivity index (χ4v) is 1.91. The van der Waals surface area contributed by atoms with Crippen molar-refractivity contribution in [3.8, 4) is 0 Å². The van der Waals surface area contributed by atoms with E-state index < -0.39 is 0 Å². The van der Waals surface area contributed by atoms with E-state index in [1.54, 1.807) is 0 Å². The standard InChI is InChI=1S/C11H24NO.BrH/c1-3-4-5-6-7-8-12(2)9-10-13-11-12;/h3-11H2,1-2H3;1H/q+1;/p-1. The third-order valence-electron chi connectivity index (χ3n) is 2.98. The van der Waals surface area contributed by atoms with Crippen LogP contribution in [0.5, 0.6) is 0 Å². The number of unbranched alkanes of at least 4 members (excludes halogenated alkanes) is 4. The Hall–Kier alpha value is 0.400. The highest BCUT2D eigenvalue weighted by Crippen LogP contribution is 2.13. The van der Waals surface area contributed by atoms with Crippen molar-refractivity contribution in [2.24, 2.45) is 0 Å². The highest BCUT2D eigenvalue weighted by Gasteiger charge is 2.26. The molecule has 3 heteroatoms. The van der Waals surface area contributed by atoms with Crippen LogP contribution >= 0.6 is 0 Å². The van der Waals surface area contributed by atoms with Crippen molar-refractivity contribution >= 4 is 0 Å². The van der Waals surface area contributed by atoms with Gasteiger partial charge in [-0.1, -0.05) is 26.2 Å².